The van der Waals surface area contributed by atoms with E-state index in [1.165, 1.54) is 0 Å². The Labute approximate surface area is 202 Å². The number of hydroxylamine groups is 2. The zero-order valence-electron chi connectivity index (χ0n) is 20.9. The fourth-order valence-corrected chi connectivity index (χ4v) is 4.20. The monoisotopic (exact) mass is 476 g/mol. The van der Waals surface area contributed by atoms with E-state index in [9.17, 15) is 19.6 Å². The largest absolute Gasteiger partial charge is 0.461 e. The van der Waals surface area contributed by atoms with Crippen molar-refractivity contribution in [2.75, 3.05) is 6.61 Å². The number of ether oxygens (including phenoxy) is 2. The molecule has 3 unspecified atom stereocenters. The van der Waals surface area contributed by atoms with E-state index in [2.05, 4.69) is 5.32 Å². The van der Waals surface area contributed by atoms with E-state index >= 15 is 0 Å². The molecule has 0 heterocycles. The Morgan fingerprint density at radius 3 is 2.41 bits per heavy atom. The standard InChI is InChI=1S/C26H40N2O6/c1-5-11-23(28(32)18-29)21(16-19-12-7-6-8-13-19)24(30)27-22(17-33-26(2,3)4)25(31)34-20-14-9-10-15-20/h6-8,12-13,18,20-23,32H,5,9-11,14-17H2,1-4H3,(H,27,30). The SMILES string of the molecule is CCCC(C(Cc1ccccc1)C(=O)NC(COC(C)(C)C)C(=O)OC1CCCC1)N(O)C=O. The molecule has 0 saturated heterocycles. The number of rotatable bonds is 13. The van der Waals surface area contributed by atoms with E-state index in [-0.39, 0.29) is 12.7 Å². The lowest BCUT2D eigenvalue weighted by Crippen LogP contribution is -2.53. The fraction of sp³-hybridized carbons (Fsp3) is 0.654. The molecule has 1 aliphatic carbocycles. The molecule has 190 valence electrons. The molecule has 2 amide bonds. The summed E-state index contributed by atoms with van der Waals surface area (Å²) >= 11 is 0. The number of carbonyl (C=O) groups is 3. The Morgan fingerprint density at radius 1 is 1.21 bits per heavy atom. The molecule has 1 aromatic carbocycles. The van der Waals surface area contributed by atoms with Gasteiger partial charge in [0.2, 0.25) is 12.3 Å². The normalized spacial score (nSPS) is 17.0. The highest BCUT2D eigenvalue weighted by Crippen LogP contribution is 2.23. The van der Waals surface area contributed by atoms with Gasteiger partial charge in [0, 0.05) is 0 Å². The number of nitrogens with zero attached hydrogens (tertiary/aromatic N) is 1. The summed E-state index contributed by atoms with van der Waals surface area (Å²) in [6.07, 6.45) is 5.24. The first kappa shape index (κ1) is 27.8. The molecule has 0 radical (unpaired) electrons. The topological polar surface area (TPSA) is 105 Å². The van der Waals surface area contributed by atoms with Gasteiger partial charge in [0.25, 0.3) is 0 Å². The van der Waals surface area contributed by atoms with Crippen molar-refractivity contribution in [1.82, 2.24) is 10.4 Å². The Bertz CT molecular complexity index is 773. The number of hydrogen-bond acceptors (Lipinski definition) is 6. The molecule has 8 heteroatoms. The summed E-state index contributed by atoms with van der Waals surface area (Å²) in [5, 5.41) is 13.6. The second kappa shape index (κ2) is 13.4. The second-order valence-electron chi connectivity index (χ2n) is 9.97. The lowest BCUT2D eigenvalue weighted by molar-refractivity contribution is -0.170. The van der Waals surface area contributed by atoms with Gasteiger partial charge in [0.05, 0.1) is 24.2 Å². The predicted molar refractivity (Wildman–Crippen MR) is 128 cm³/mol. The molecule has 1 fully saturated rings. The third-order valence-electron chi connectivity index (χ3n) is 6.00. The van der Waals surface area contributed by atoms with Gasteiger partial charge < -0.3 is 14.8 Å². The van der Waals surface area contributed by atoms with Crippen LogP contribution in [0.15, 0.2) is 30.3 Å². The third kappa shape index (κ3) is 9.06. The fourth-order valence-electron chi connectivity index (χ4n) is 4.20. The first-order chi connectivity index (χ1) is 16.1. The molecule has 3 atom stereocenters. The molecule has 2 N–H and O–H groups in total. The van der Waals surface area contributed by atoms with Crippen LogP contribution >= 0.6 is 0 Å². The van der Waals surface area contributed by atoms with Crippen molar-refractivity contribution >= 4 is 18.3 Å². The second-order valence-corrected chi connectivity index (χ2v) is 9.97. The van der Waals surface area contributed by atoms with Crippen LogP contribution in [0.2, 0.25) is 0 Å². The molecular formula is C26H40N2O6. The van der Waals surface area contributed by atoms with Crippen molar-refractivity contribution in [3.63, 3.8) is 0 Å². The van der Waals surface area contributed by atoms with Gasteiger partial charge in [-0.15, -0.1) is 0 Å². The van der Waals surface area contributed by atoms with E-state index in [1.54, 1.807) is 0 Å². The van der Waals surface area contributed by atoms with Crippen molar-refractivity contribution in [1.29, 1.82) is 0 Å². The molecule has 1 aromatic rings. The molecular weight excluding hydrogens is 436 g/mol. The predicted octanol–water partition coefficient (Wildman–Crippen LogP) is 3.65. The molecule has 0 aromatic heterocycles. The molecule has 0 bridgehead atoms. The molecule has 8 nitrogen and oxygen atoms in total. The summed E-state index contributed by atoms with van der Waals surface area (Å²) in [5.74, 6) is -1.73. The zero-order chi connectivity index (χ0) is 25.1. The van der Waals surface area contributed by atoms with Crippen LogP contribution in [0.1, 0.15) is 71.8 Å². The van der Waals surface area contributed by atoms with Gasteiger partial charge >= 0.3 is 5.97 Å². The van der Waals surface area contributed by atoms with Gasteiger partial charge in [-0.3, -0.25) is 14.8 Å². The Morgan fingerprint density at radius 2 is 1.85 bits per heavy atom. The smallest absolute Gasteiger partial charge is 0.331 e. The first-order valence-electron chi connectivity index (χ1n) is 12.3. The molecule has 0 spiro atoms. The summed E-state index contributed by atoms with van der Waals surface area (Å²) < 4.78 is 11.5. The van der Waals surface area contributed by atoms with Gasteiger partial charge in [-0.25, -0.2) is 9.86 Å². The van der Waals surface area contributed by atoms with Crippen LogP contribution in [-0.2, 0) is 30.3 Å². The third-order valence-corrected chi connectivity index (χ3v) is 6.00. The first-order valence-corrected chi connectivity index (χ1v) is 12.3. The summed E-state index contributed by atoms with van der Waals surface area (Å²) in [5.41, 5.74) is 0.378. The van der Waals surface area contributed by atoms with Gasteiger partial charge in [0.15, 0.2) is 6.04 Å². The lowest BCUT2D eigenvalue weighted by Gasteiger charge is -2.32. The molecule has 2 rings (SSSR count). The average Bonchev–Trinajstić information content (AvgIpc) is 3.31. The van der Waals surface area contributed by atoms with E-state index in [1.807, 2.05) is 58.0 Å². The van der Waals surface area contributed by atoms with E-state index in [4.69, 9.17) is 9.47 Å². The summed E-state index contributed by atoms with van der Waals surface area (Å²) in [7, 11) is 0. The van der Waals surface area contributed by atoms with Crippen LogP contribution in [-0.4, -0.2) is 59.0 Å². The van der Waals surface area contributed by atoms with Crippen LogP contribution in [0.3, 0.4) is 0 Å². The quantitative estimate of drug-likeness (QED) is 0.195. The highest BCUT2D eigenvalue weighted by Gasteiger charge is 2.36. The van der Waals surface area contributed by atoms with Crippen molar-refractivity contribution in [2.24, 2.45) is 5.92 Å². The summed E-state index contributed by atoms with van der Waals surface area (Å²) in [4.78, 5) is 37.9. The average molecular weight is 477 g/mol. The molecule has 34 heavy (non-hydrogen) atoms. The summed E-state index contributed by atoms with van der Waals surface area (Å²) in [6, 6.07) is 7.67. The molecule has 1 saturated carbocycles. The zero-order valence-corrected chi connectivity index (χ0v) is 20.9. The molecule has 0 aliphatic heterocycles. The highest BCUT2D eigenvalue weighted by molar-refractivity contribution is 5.86. The van der Waals surface area contributed by atoms with Gasteiger partial charge in [-0.2, -0.15) is 0 Å². The van der Waals surface area contributed by atoms with E-state index in [0.717, 1.165) is 31.2 Å². The number of carbonyl (C=O) groups excluding carboxylic acids is 3. The van der Waals surface area contributed by atoms with Crippen molar-refractivity contribution in [3.05, 3.63) is 35.9 Å². The van der Waals surface area contributed by atoms with Crippen LogP contribution in [0.4, 0.5) is 0 Å². The Hall–Kier alpha value is -2.45. The summed E-state index contributed by atoms with van der Waals surface area (Å²) in [6.45, 7) is 7.50. The van der Waals surface area contributed by atoms with Gasteiger partial charge in [0.1, 0.15) is 6.10 Å². The number of amides is 2. The number of hydrogen-bond donors (Lipinski definition) is 2. The number of benzene rings is 1. The van der Waals surface area contributed by atoms with Gasteiger partial charge in [-0.1, -0.05) is 43.7 Å². The Kier molecular flexibility index (Phi) is 11.0. The van der Waals surface area contributed by atoms with Crippen molar-refractivity contribution in [3.8, 4) is 0 Å². The number of nitrogens with one attached hydrogen (secondary N) is 1. The van der Waals surface area contributed by atoms with Crippen molar-refractivity contribution < 1.29 is 29.1 Å². The minimum atomic E-state index is -0.990. The lowest BCUT2D eigenvalue weighted by atomic mass is 9.88. The van der Waals surface area contributed by atoms with Crippen LogP contribution in [0.5, 0.6) is 0 Å². The maximum absolute atomic E-state index is 13.5. The van der Waals surface area contributed by atoms with Crippen LogP contribution in [0.25, 0.3) is 0 Å². The van der Waals surface area contributed by atoms with E-state index in [0.29, 0.717) is 30.7 Å². The minimum absolute atomic E-state index is 0.0339. The van der Waals surface area contributed by atoms with E-state index < -0.39 is 35.5 Å². The van der Waals surface area contributed by atoms with Crippen LogP contribution < -0.4 is 5.32 Å². The van der Waals surface area contributed by atoms with Crippen molar-refractivity contribution in [2.45, 2.75) is 96.4 Å². The maximum Gasteiger partial charge on any atom is 0.331 e. The molecule has 1 aliphatic rings. The minimum Gasteiger partial charge on any atom is -0.461 e. The number of esters is 1. The maximum atomic E-state index is 13.5. The highest BCUT2D eigenvalue weighted by atomic mass is 16.6. The van der Waals surface area contributed by atoms with Crippen LogP contribution in [0, 0.1) is 5.92 Å². The van der Waals surface area contributed by atoms with Gasteiger partial charge in [-0.05, 0) is 64.9 Å². The Balaban J connectivity index is 2.25.